The number of aromatic nitrogens is 3. The van der Waals surface area contributed by atoms with E-state index >= 15 is 0 Å². The first-order valence-corrected chi connectivity index (χ1v) is 11.6. The number of carbonyl (C=O) groups is 1. The van der Waals surface area contributed by atoms with E-state index in [1.54, 1.807) is 11.0 Å². The monoisotopic (exact) mass is 465 g/mol. The van der Waals surface area contributed by atoms with Gasteiger partial charge in [0.15, 0.2) is 11.6 Å². The van der Waals surface area contributed by atoms with Crippen molar-refractivity contribution in [1.82, 2.24) is 19.9 Å². The Bertz CT molecular complexity index is 1080. The van der Waals surface area contributed by atoms with Crippen LogP contribution in [0.3, 0.4) is 0 Å². The maximum absolute atomic E-state index is 12.5. The summed E-state index contributed by atoms with van der Waals surface area (Å²) in [4.78, 5) is 29.8. The Labute approximate surface area is 199 Å². The zero-order chi connectivity index (χ0) is 24.3. The van der Waals surface area contributed by atoms with Gasteiger partial charge in [0.1, 0.15) is 23.7 Å². The van der Waals surface area contributed by atoms with Crippen molar-refractivity contribution in [3.05, 3.63) is 29.8 Å². The Hall–Kier alpha value is -3.61. The van der Waals surface area contributed by atoms with Crippen LogP contribution < -0.4 is 15.0 Å². The van der Waals surface area contributed by atoms with Crippen LogP contribution in [-0.2, 0) is 4.74 Å². The zero-order valence-electron chi connectivity index (χ0n) is 20.2. The van der Waals surface area contributed by atoms with Gasteiger partial charge in [-0.25, -0.2) is 19.7 Å². The molecule has 0 spiro atoms. The summed E-state index contributed by atoms with van der Waals surface area (Å²) in [6.07, 6.45) is 3.78. The molecule has 0 aromatic carbocycles. The largest absolute Gasteiger partial charge is 0.486 e. The van der Waals surface area contributed by atoms with Crippen LogP contribution in [0.5, 0.6) is 5.75 Å². The normalized spacial score (nSPS) is 16.7. The van der Waals surface area contributed by atoms with Gasteiger partial charge in [-0.1, -0.05) is 0 Å². The van der Waals surface area contributed by atoms with E-state index in [0.29, 0.717) is 42.7 Å². The molecule has 4 heterocycles. The topological polar surface area (TPSA) is 117 Å². The molecule has 1 N–H and O–H groups in total. The molecule has 0 saturated carbocycles. The van der Waals surface area contributed by atoms with Crippen molar-refractivity contribution in [2.75, 3.05) is 36.5 Å². The molecule has 0 atom stereocenters. The number of carbonyl (C=O) groups excluding carboxylic acids is 1. The minimum absolute atomic E-state index is 0.236. The number of fused-ring (bicyclic) bond motifs is 1. The van der Waals surface area contributed by atoms with Gasteiger partial charge in [0.2, 0.25) is 5.75 Å². The number of hydrogen-bond acceptors (Lipinski definition) is 9. The van der Waals surface area contributed by atoms with Crippen molar-refractivity contribution in [3.63, 3.8) is 0 Å². The van der Waals surface area contributed by atoms with Gasteiger partial charge in [-0.3, -0.25) is 0 Å². The molecule has 0 unspecified atom stereocenters. The van der Waals surface area contributed by atoms with Gasteiger partial charge in [-0.05, 0) is 59.1 Å². The second kappa shape index (κ2) is 9.71. The minimum Gasteiger partial charge on any atom is -0.486 e. The van der Waals surface area contributed by atoms with Crippen LogP contribution in [-0.4, -0.2) is 63.8 Å². The lowest BCUT2D eigenvalue weighted by molar-refractivity contribution is 0.0204. The standard InChI is InChI=1S/C24H31N7O3/c1-16-19(7-6-17(14-25)28-16)29-21-20-22(27-15-26-21)31(10-5-13-33-20)18-8-11-30(12-9-18)23(32)34-24(2,3)4/h6-7,15,18H,5,8-13H2,1-4H3,(H,26,27,29). The molecule has 34 heavy (non-hydrogen) atoms. The molecule has 0 bridgehead atoms. The number of nitrogens with zero attached hydrogens (tertiary/aromatic N) is 6. The molecule has 1 saturated heterocycles. The summed E-state index contributed by atoms with van der Waals surface area (Å²) in [5.74, 6) is 1.93. The fourth-order valence-electron chi connectivity index (χ4n) is 4.23. The molecular weight excluding hydrogens is 434 g/mol. The van der Waals surface area contributed by atoms with E-state index in [1.165, 1.54) is 6.33 Å². The van der Waals surface area contributed by atoms with Crippen LogP contribution in [0.2, 0.25) is 0 Å². The summed E-state index contributed by atoms with van der Waals surface area (Å²) in [7, 11) is 0. The average Bonchev–Trinajstić information content (AvgIpc) is 3.02. The molecule has 10 nitrogen and oxygen atoms in total. The highest BCUT2D eigenvalue weighted by Crippen LogP contribution is 2.38. The Morgan fingerprint density at radius 3 is 2.68 bits per heavy atom. The Morgan fingerprint density at radius 1 is 1.24 bits per heavy atom. The van der Waals surface area contributed by atoms with Gasteiger partial charge in [-0.2, -0.15) is 5.26 Å². The van der Waals surface area contributed by atoms with Gasteiger partial charge < -0.3 is 24.6 Å². The smallest absolute Gasteiger partial charge is 0.410 e. The number of ether oxygens (including phenoxy) is 2. The number of nitrogens with one attached hydrogen (secondary N) is 1. The van der Waals surface area contributed by atoms with Crippen molar-refractivity contribution in [2.45, 2.75) is 58.6 Å². The average molecular weight is 466 g/mol. The molecule has 4 rings (SSSR count). The van der Waals surface area contributed by atoms with Crippen LogP contribution in [0.15, 0.2) is 18.5 Å². The summed E-state index contributed by atoms with van der Waals surface area (Å²) >= 11 is 0. The van der Waals surface area contributed by atoms with Gasteiger partial charge >= 0.3 is 6.09 Å². The predicted octanol–water partition coefficient (Wildman–Crippen LogP) is 3.78. The van der Waals surface area contributed by atoms with Gasteiger partial charge in [0, 0.05) is 25.7 Å². The van der Waals surface area contributed by atoms with Crippen LogP contribution in [0.25, 0.3) is 0 Å². The molecule has 2 aliphatic heterocycles. The summed E-state index contributed by atoms with van der Waals surface area (Å²) in [6.45, 7) is 10.1. The third kappa shape index (κ3) is 5.30. The summed E-state index contributed by atoms with van der Waals surface area (Å²) in [5.41, 5.74) is 1.32. The summed E-state index contributed by atoms with van der Waals surface area (Å²) in [5, 5.41) is 12.4. The Balaban J connectivity index is 1.51. The number of rotatable bonds is 3. The van der Waals surface area contributed by atoms with E-state index < -0.39 is 5.60 Å². The van der Waals surface area contributed by atoms with E-state index in [1.807, 2.05) is 33.8 Å². The fourth-order valence-corrected chi connectivity index (χ4v) is 4.23. The lowest BCUT2D eigenvalue weighted by atomic mass is 10.0. The van der Waals surface area contributed by atoms with E-state index in [0.717, 1.165) is 37.3 Å². The van der Waals surface area contributed by atoms with E-state index in [-0.39, 0.29) is 12.1 Å². The predicted molar refractivity (Wildman–Crippen MR) is 127 cm³/mol. The molecule has 2 aromatic rings. The third-order valence-corrected chi connectivity index (χ3v) is 5.86. The summed E-state index contributed by atoms with van der Waals surface area (Å²) < 4.78 is 11.6. The lowest BCUT2D eigenvalue weighted by Crippen LogP contribution is -2.48. The number of pyridine rings is 1. The second-order valence-electron chi connectivity index (χ2n) is 9.54. The molecule has 0 radical (unpaired) electrons. The highest BCUT2D eigenvalue weighted by atomic mass is 16.6. The zero-order valence-corrected chi connectivity index (χ0v) is 20.2. The number of piperidine rings is 1. The molecule has 2 aromatic heterocycles. The number of nitriles is 1. The number of aryl methyl sites for hydroxylation is 1. The summed E-state index contributed by atoms with van der Waals surface area (Å²) in [6, 6.07) is 5.77. The van der Waals surface area contributed by atoms with Crippen molar-refractivity contribution >= 4 is 23.4 Å². The second-order valence-corrected chi connectivity index (χ2v) is 9.54. The number of anilines is 3. The highest BCUT2D eigenvalue weighted by Gasteiger charge is 2.33. The molecular formula is C24H31N7O3. The van der Waals surface area contributed by atoms with Crippen molar-refractivity contribution in [3.8, 4) is 11.8 Å². The minimum atomic E-state index is -0.502. The van der Waals surface area contributed by atoms with Crippen molar-refractivity contribution < 1.29 is 14.3 Å². The van der Waals surface area contributed by atoms with Crippen LogP contribution >= 0.6 is 0 Å². The Morgan fingerprint density at radius 2 is 2.00 bits per heavy atom. The fraction of sp³-hybridized carbons (Fsp3) is 0.542. The first-order valence-electron chi connectivity index (χ1n) is 11.6. The van der Waals surface area contributed by atoms with E-state index in [4.69, 9.17) is 14.7 Å². The number of amides is 1. The van der Waals surface area contributed by atoms with Crippen molar-refractivity contribution in [2.24, 2.45) is 0 Å². The van der Waals surface area contributed by atoms with Crippen LogP contribution in [0.1, 0.15) is 51.4 Å². The highest BCUT2D eigenvalue weighted by molar-refractivity contribution is 5.72. The SMILES string of the molecule is Cc1nc(C#N)ccc1Nc1ncnc2c1OCCCN2C1CCN(C(=O)OC(C)(C)C)CC1. The first-order chi connectivity index (χ1) is 16.2. The van der Waals surface area contributed by atoms with Crippen LogP contribution in [0, 0.1) is 18.3 Å². The van der Waals surface area contributed by atoms with Gasteiger partial charge in [-0.15, -0.1) is 0 Å². The number of likely N-dealkylation sites (tertiary alicyclic amines) is 1. The maximum atomic E-state index is 12.5. The molecule has 1 amide bonds. The quantitative estimate of drug-likeness (QED) is 0.722. The van der Waals surface area contributed by atoms with E-state index in [9.17, 15) is 4.79 Å². The molecule has 10 heteroatoms. The van der Waals surface area contributed by atoms with Crippen LogP contribution in [0.4, 0.5) is 22.1 Å². The Kier molecular flexibility index (Phi) is 6.72. The van der Waals surface area contributed by atoms with Gasteiger partial charge in [0.05, 0.1) is 18.0 Å². The van der Waals surface area contributed by atoms with E-state index in [2.05, 4.69) is 31.2 Å². The molecule has 180 valence electrons. The van der Waals surface area contributed by atoms with Crippen molar-refractivity contribution in [1.29, 1.82) is 5.26 Å². The lowest BCUT2D eigenvalue weighted by Gasteiger charge is -2.39. The molecule has 0 aliphatic carbocycles. The maximum Gasteiger partial charge on any atom is 0.410 e. The number of hydrogen-bond donors (Lipinski definition) is 1. The molecule has 1 fully saturated rings. The van der Waals surface area contributed by atoms with Gasteiger partial charge in [0.25, 0.3) is 0 Å². The first kappa shape index (κ1) is 23.5. The third-order valence-electron chi connectivity index (χ3n) is 5.86. The molecule has 2 aliphatic rings.